The van der Waals surface area contributed by atoms with Gasteiger partial charge < -0.3 is 9.47 Å². The zero-order valence-electron chi connectivity index (χ0n) is 10.5. The molecule has 1 atom stereocenters. The van der Waals surface area contributed by atoms with Crippen molar-refractivity contribution in [2.24, 2.45) is 0 Å². The molecule has 0 amide bonds. The number of carbonyl (C=O) groups is 2. The van der Waals surface area contributed by atoms with E-state index in [1.54, 1.807) is 13.8 Å². The van der Waals surface area contributed by atoms with Gasteiger partial charge in [-0.15, -0.1) is 0 Å². The fraction of sp³-hybridized carbons (Fsp3) is 0.833. The van der Waals surface area contributed by atoms with Gasteiger partial charge in [0.05, 0.1) is 13.0 Å². The lowest BCUT2D eigenvalue weighted by atomic mass is 10.2. The summed E-state index contributed by atoms with van der Waals surface area (Å²) >= 11 is 0. The Labute approximate surface area is 97.3 Å². The zero-order chi connectivity index (χ0) is 12.4. The summed E-state index contributed by atoms with van der Waals surface area (Å²) in [7, 11) is 0. The number of hydrogen-bond donors (Lipinski definition) is 0. The van der Waals surface area contributed by atoms with E-state index >= 15 is 0 Å². The van der Waals surface area contributed by atoms with Crippen molar-refractivity contribution in [2.75, 3.05) is 6.61 Å². The minimum atomic E-state index is -0.395. The molecule has 0 unspecified atom stereocenters. The zero-order valence-corrected chi connectivity index (χ0v) is 10.5. The summed E-state index contributed by atoms with van der Waals surface area (Å²) in [4.78, 5) is 22.4. The Balaban J connectivity index is 3.65. The van der Waals surface area contributed by atoms with Crippen molar-refractivity contribution in [2.45, 2.75) is 59.0 Å². The fourth-order valence-electron chi connectivity index (χ4n) is 1.30. The van der Waals surface area contributed by atoms with Gasteiger partial charge in [-0.1, -0.05) is 19.8 Å². The molecule has 0 fully saturated rings. The van der Waals surface area contributed by atoms with Crippen LogP contribution in [0.3, 0.4) is 0 Å². The van der Waals surface area contributed by atoms with E-state index in [1.807, 2.05) is 0 Å². The minimum absolute atomic E-state index is 0.132. The number of rotatable bonds is 8. The predicted molar refractivity (Wildman–Crippen MR) is 60.9 cm³/mol. The Bertz CT molecular complexity index is 213. The molecule has 0 rings (SSSR count). The Morgan fingerprint density at radius 2 is 1.81 bits per heavy atom. The highest BCUT2D eigenvalue weighted by molar-refractivity contribution is 5.72. The molecule has 0 aliphatic heterocycles. The molecule has 0 spiro atoms. The summed E-state index contributed by atoms with van der Waals surface area (Å²) in [6.07, 6.45) is 3.12. The summed E-state index contributed by atoms with van der Waals surface area (Å²) in [5, 5.41) is 0. The molecule has 0 N–H and O–H groups in total. The first-order valence-corrected chi connectivity index (χ1v) is 5.95. The van der Waals surface area contributed by atoms with Crippen LogP contribution in [0.2, 0.25) is 0 Å². The van der Waals surface area contributed by atoms with Crippen LogP contribution in [0.25, 0.3) is 0 Å². The standard InChI is InChI=1S/C12H22O4/c1-4-6-7-8-11(13)16-10(3)9-12(14)15-5-2/h10H,4-9H2,1-3H3/t10-/m1/s1. The Morgan fingerprint density at radius 1 is 1.12 bits per heavy atom. The summed E-state index contributed by atoms with van der Waals surface area (Å²) in [6.45, 7) is 5.89. The quantitative estimate of drug-likeness (QED) is 0.475. The van der Waals surface area contributed by atoms with Crippen LogP contribution in [-0.2, 0) is 19.1 Å². The van der Waals surface area contributed by atoms with Crippen molar-refractivity contribution in [3.8, 4) is 0 Å². The molecule has 16 heavy (non-hydrogen) atoms. The molecule has 0 heterocycles. The smallest absolute Gasteiger partial charge is 0.309 e. The number of esters is 2. The van der Waals surface area contributed by atoms with E-state index in [-0.39, 0.29) is 18.4 Å². The lowest BCUT2D eigenvalue weighted by molar-refractivity contribution is -0.154. The fourth-order valence-corrected chi connectivity index (χ4v) is 1.30. The van der Waals surface area contributed by atoms with E-state index in [0.717, 1.165) is 19.3 Å². The van der Waals surface area contributed by atoms with Crippen LogP contribution in [0, 0.1) is 0 Å². The molecule has 0 aromatic heterocycles. The van der Waals surface area contributed by atoms with E-state index in [4.69, 9.17) is 9.47 Å². The monoisotopic (exact) mass is 230 g/mol. The summed E-state index contributed by atoms with van der Waals surface area (Å²) < 4.78 is 9.84. The second kappa shape index (κ2) is 9.19. The summed E-state index contributed by atoms with van der Waals surface area (Å²) in [5.74, 6) is -0.554. The maximum atomic E-state index is 11.3. The van der Waals surface area contributed by atoms with Crippen LogP contribution in [0.15, 0.2) is 0 Å². The molecule has 0 saturated heterocycles. The van der Waals surface area contributed by atoms with Crippen LogP contribution in [-0.4, -0.2) is 24.6 Å². The van der Waals surface area contributed by atoms with E-state index in [1.165, 1.54) is 0 Å². The first kappa shape index (κ1) is 14.9. The average Bonchev–Trinajstić information content (AvgIpc) is 2.17. The van der Waals surface area contributed by atoms with Gasteiger partial charge in [0.2, 0.25) is 0 Å². The highest BCUT2D eigenvalue weighted by Crippen LogP contribution is 2.05. The molecule has 4 heteroatoms. The molecule has 4 nitrogen and oxygen atoms in total. The highest BCUT2D eigenvalue weighted by Gasteiger charge is 2.13. The van der Waals surface area contributed by atoms with Crippen molar-refractivity contribution in [1.82, 2.24) is 0 Å². The van der Waals surface area contributed by atoms with Gasteiger partial charge in [0, 0.05) is 6.42 Å². The van der Waals surface area contributed by atoms with Crippen molar-refractivity contribution in [3.05, 3.63) is 0 Å². The van der Waals surface area contributed by atoms with Gasteiger partial charge in [-0.3, -0.25) is 9.59 Å². The number of unbranched alkanes of at least 4 members (excludes halogenated alkanes) is 2. The minimum Gasteiger partial charge on any atom is -0.466 e. The number of hydrogen-bond acceptors (Lipinski definition) is 4. The lowest BCUT2D eigenvalue weighted by Crippen LogP contribution is -2.19. The summed E-state index contributed by atoms with van der Waals surface area (Å²) in [5.41, 5.74) is 0. The molecule has 0 aromatic carbocycles. The lowest BCUT2D eigenvalue weighted by Gasteiger charge is -2.12. The molecule has 0 aliphatic carbocycles. The van der Waals surface area contributed by atoms with Crippen molar-refractivity contribution < 1.29 is 19.1 Å². The van der Waals surface area contributed by atoms with Crippen LogP contribution in [0.5, 0.6) is 0 Å². The average molecular weight is 230 g/mol. The molecule has 0 radical (unpaired) electrons. The second-order valence-electron chi connectivity index (χ2n) is 3.77. The largest absolute Gasteiger partial charge is 0.466 e. The summed E-state index contributed by atoms with van der Waals surface area (Å²) in [6, 6.07) is 0. The molecular formula is C12H22O4. The van der Waals surface area contributed by atoms with Crippen molar-refractivity contribution in [1.29, 1.82) is 0 Å². The van der Waals surface area contributed by atoms with E-state index in [0.29, 0.717) is 13.0 Å². The Hall–Kier alpha value is -1.06. The Morgan fingerprint density at radius 3 is 2.38 bits per heavy atom. The van der Waals surface area contributed by atoms with Gasteiger partial charge in [-0.25, -0.2) is 0 Å². The van der Waals surface area contributed by atoms with E-state index in [2.05, 4.69) is 6.92 Å². The van der Waals surface area contributed by atoms with Gasteiger partial charge in [0.15, 0.2) is 0 Å². The van der Waals surface area contributed by atoms with Crippen LogP contribution in [0.4, 0.5) is 0 Å². The SMILES string of the molecule is CCCCCC(=O)O[C@H](C)CC(=O)OCC. The van der Waals surface area contributed by atoms with Gasteiger partial charge in [0.1, 0.15) is 6.10 Å². The first-order chi connectivity index (χ1) is 7.60. The number of ether oxygens (including phenoxy) is 2. The third-order valence-corrected chi connectivity index (χ3v) is 2.08. The molecular weight excluding hydrogens is 208 g/mol. The van der Waals surface area contributed by atoms with E-state index < -0.39 is 6.10 Å². The van der Waals surface area contributed by atoms with Crippen molar-refractivity contribution >= 4 is 11.9 Å². The Kier molecular flexibility index (Phi) is 8.58. The highest BCUT2D eigenvalue weighted by atomic mass is 16.6. The van der Waals surface area contributed by atoms with Crippen LogP contribution in [0.1, 0.15) is 52.9 Å². The molecule has 0 aromatic rings. The number of carbonyl (C=O) groups excluding carboxylic acids is 2. The molecule has 0 bridgehead atoms. The van der Waals surface area contributed by atoms with E-state index in [9.17, 15) is 9.59 Å². The van der Waals surface area contributed by atoms with Crippen LogP contribution >= 0.6 is 0 Å². The third kappa shape index (κ3) is 8.26. The maximum Gasteiger partial charge on any atom is 0.309 e. The molecule has 0 saturated carbocycles. The normalized spacial score (nSPS) is 11.9. The van der Waals surface area contributed by atoms with Crippen molar-refractivity contribution in [3.63, 3.8) is 0 Å². The molecule has 0 aliphatic rings. The van der Waals surface area contributed by atoms with Gasteiger partial charge in [0.25, 0.3) is 0 Å². The third-order valence-electron chi connectivity index (χ3n) is 2.08. The van der Waals surface area contributed by atoms with Gasteiger partial charge in [-0.05, 0) is 20.3 Å². The van der Waals surface area contributed by atoms with Gasteiger partial charge >= 0.3 is 11.9 Å². The first-order valence-electron chi connectivity index (χ1n) is 5.95. The molecule has 94 valence electrons. The topological polar surface area (TPSA) is 52.6 Å². The van der Waals surface area contributed by atoms with Gasteiger partial charge in [-0.2, -0.15) is 0 Å². The second-order valence-corrected chi connectivity index (χ2v) is 3.77. The predicted octanol–water partition coefficient (Wildman–Crippen LogP) is 2.45. The maximum absolute atomic E-state index is 11.3. The van der Waals surface area contributed by atoms with Crippen LogP contribution < -0.4 is 0 Å².